The maximum absolute atomic E-state index is 12.8. The van der Waals surface area contributed by atoms with Gasteiger partial charge in [0.2, 0.25) is 20.0 Å². The van der Waals surface area contributed by atoms with E-state index in [2.05, 4.69) is 4.72 Å². The van der Waals surface area contributed by atoms with Crippen molar-refractivity contribution >= 4 is 43.0 Å². The van der Waals surface area contributed by atoms with E-state index in [0.717, 1.165) is 16.9 Å². The third kappa shape index (κ3) is 4.13. The lowest BCUT2D eigenvalue weighted by Gasteiger charge is -2.31. The largest absolute Gasteiger partial charge is 0.250 e. The summed E-state index contributed by atoms with van der Waals surface area (Å²) in [6.45, 7) is 2.32. The summed E-state index contributed by atoms with van der Waals surface area (Å²) in [6.07, 6.45) is 0.840. The highest BCUT2D eigenvalue weighted by Gasteiger charge is 2.31. The molecule has 0 bridgehead atoms. The Morgan fingerprint density at radius 2 is 1.85 bits per heavy atom. The van der Waals surface area contributed by atoms with Crippen LogP contribution in [0.2, 0.25) is 5.02 Å². The second-order valence-electron chi connectivity index (χ2n) is 6.14. The van der Waals surface area contributed by atoms with Crippen LogP contribution in [0.25, 0.3) is 0 Å². The van der Waals surface area contributed by atoms with E-state index in [9.17, 15) is 16.8 Å². The molecule has 0 amide bonds. The van der Waals surface area contributed by atoms with Crippen molar-refractivity contribution in [3.63, 3.8) is 0 Å². The van der Waals surface area contributed by atoms with Gasteiger partial charge in [0.15, 0.2) is 0 Å². The summed E-state index contributed by atoms with van der Waals surface area (Å²) in [5.41, 5.74) is 0.812. The van der Waals surface area contributed by atoms with Gasteiger partial charge in [-0.25, -0.2) is 21.6 Å². The van der Waals surface area contributed by atoms with Crippen LogP contribution in [0.4, 0.5) is 0 Å². The van der Waals surface area contributed by atoms with Crippen LogP contribution >= 0.6 is 22.9 Å². The Kier molecular flexibility index (Phi) is 5.76. The van der Waals surface area contributed by atoms with Gasteiger partial charge in [-0.2, -0.15) is 4.31 Å². The van der Waals surface area contributed by atoms with Gasteiger partial charge in [0.25, 0.3) is 0 Å². The van der Waals surface area contributed by atoms with Crippen LogP contribution in [0, 0.1) is 6.92 Å². The normalized spacial score (nSPS) is 17.5. The van der Waals surface area contributed by atoms with Gasteiger partial charge in [-0.05, 0) is 48.9 Å². The Balaban J connectivity index is 1.67. The third-order valence-corrected chi connectivity index (χ3v) is 9.54. The highest BCUT2D eigenvalue weighted by Crippen LogP contribution is 2.26. The van der Waals surface area contributed by atoms with Crippen LogP contribution in [-0.2, 0) is 20.0 Å². The van der Waals surface area contributed by atoms with Crippen LogP contribution in [-0.4, -0.2) is 40.3 Å². The Bertz CT molecular complexity index is 981. The molecule has 142 valence electrons. The highest BCUT2D eigenvalue weighted by atomic mass is 35.5. The molecule has 2 heterocycles. The Morgan fingerprint density at radius 1 is 1.15 bits per heavy atom. The number of rotatable bonds is 5. The fourth-order valence-corrected chi connectivity index (χ4v) is 6.85. The number of aryl methyl sites for hydroxylation is 1. The standard InChI is InChI=1S/C16H19ClN2O4S3/c1-12-4-5-14(11-15(12)17)26(22,23)19-8-6-13(7-9-19)18-25(20,21)16-3-2-10-24-16/h2-5,10-11,13,18H,6-9H2,1H3. The summed E-state index contributed by atoms with van der Waals surface area (Å²) in [6, 6.07) is 7.63. The minimum Gasteiger partial charge on any atom is -0.207 e. The lowest BCUT2D eigenvalue weighted by atomic mass is 10.1. The zero-order valence-corrected chi connectivity index (χ0v) is 17.3. The second kappa shape index (κ2) is 7.57. The van der Waals surface area contributed by atoms with Crippen LogP contribution in [0.15, 0.2) is 44.8 Å². The Hall–Kier alpha value is -0.970. The molecule has 2 aromatic rings. The minimum absolute atomic E-state index is 0.158. The van der Waals surface area contributed by atoms with Crippen LogP contribution in [0.5, 0.6) is 0 Å². The van der Waals surface area contributed by atoms with Gasteiger partial charge in [-0.1, -0.05) is 23.7 Å². The Morgan fingerprint density at radius 3 is 2.42 bits per heavy atom. The molecule has 1 aliphatic heterocycles. The molecule has 1 aromatic heterocycles. The van der Waals surface area contributed by atoms with Gasteiger partial charge < -0.3 is 0 Å². The van der Waals surface area contributed by atoms with Gasteiger partial charge in [0.1, 0.15) is 4.21 Å². The lowest BCUT2D eigenvalue weighted by Crippen LogP contribution is -2.46. The molecule has 1 saturated heterocycles. The number of nitrogens with one attached hydrogen (secondary N) is 1. The van der Waals surface area contributed by atoms with Crippen LogP contribution < -0.4 is 4.72 Å². The van der Waals surface area contributed by atoms with Crippen molar-refractivity contribution in [3.8, 4) is 0 Å². The predicted molar refractivity (Wildman–Crippen MR) is 103 cm³/mol. The van der Waals surface area contributed by atoms with Crippen LogP contribution in [0.3, 0.4) is 0 Å². The quantitative estimate of drug-likeness (QED) is 0.784. The SMILES string of the molecule is Cc1ccc(S(=O)(=O)N2CCC(NS(=O)(=O)c3cccs3)CC2)cc1Cl. The van der Waals surface area contributed by atoms with Gasteiger partial charge in [0.05, 0.1) is 4.90 Å². The maximum Gasteiger partial charge on any atom is 0.250 e. The first kappa shape index (κ1) is 19.8. The molecule has 0 saturated carbocycles. The number of hydrogen-bond acceptors (Lipinski definition) is 5. The molecular formula is C16H19ClN2O4S3. The first-order valence-corrected chi connectivity index (χ1v) is 12.2. The number of sulfonamides is 2. The summed E-state index contributed by atoms with van der Waals surface area (Å²) < 4.78 is 54.4. The molecule has 1 aromatic carbocycles. The summed E-state index contributed by atoms with van der Waals surface area (Å²) in [5, 5.41) is 2.11. The first-order valence-electron chi connectivity index (χ1n) is 8.02. The number of hydrogen-bond donors (Lipinski definition) is 1. The van der Waals surface area contributed by atoms with E-state index in [-0.39, 0.29) is 28.2 Å². The van der Waals surface area contributed by atoms with Gasteiger partial charge in [-0.3, -0.25) is 0 Å². The number of benzene rings is 1. The molecule has 26 heavy (non-hydrogen) atoms. The van der Waals surface area contributed by atoms with Crippen molar-refractivity contribution in [2.75, 3.05) is 13.1 Å². The van der Waals surface area contributed by atoms with E-state index >= 15 is 0 Å². The van der Waals surface area contributed by atoms with Crippen LogP contribution in [0.1, 0.15) is 18.4 Å². The van der Waals surface area contributed by atoms with E-state index < -0.39 is 20.0 Å². The lowest BCUT2D eigenvalue weighted by molar-refractivity contribution is 0.308. The zero-order chi connectivity index (χ0) is 18.9. The maximum atomic E-state index is 12.8. The monoisotopic (exact) mass is 434 g/mol. The summed E-state index contributed by atoms with van der Waals surface area (Å²) in [5.74, 6) is 0. The molecule has 10 heteroatoms. The summed E-state index contributed by atoms with van der Waals surface area (Å²) >= 11 is 7.20. The average molecular weight is 435 g/mol. The van der Waals surface area contributed by atoms with Gasteiger partial charge in [-0.15, -0.1) is 11.3 Å². The van der Waals surface area contributed by atoms with E-state index in [1.165, 1.54) is 10.4 Å². The van der Waals surface area contributed by atoms with Crippen molar-refractivity contribution in [2.45, 2.75) is 34.9 Å². The number of halogens is 1. The van der Waals surface area contributed by atoms with E-state index in [4.69, 9.17) is 11.6 Å². The molecule has 1 aliphatic rings. The number of thiophene rings is 1. The molecule has 3 rings (SSSR count). The molecule has 0 atom stereocenters. The third-order valence-electron chi connectivity index (χ3n) is 4.32. The number of nitrogens with zero attached hydrogens (tertiary/aromatic N) is 1. The fourth-order valence-electron chi connectivity index (χ4n) is 2.79. The Labute approximate surface area is 162 Å². The average Bonchev–Trinajstić information content (AvgIpc) is 3.13. The summed E-state index contributed by atoms with van der Waals surface area (Å²) in [7, 11) is -7.19. The van der Waals surface area contributed by atoms with E-state index in [1.54, 1.807) is 29.6 Å². The molecule has 6 nitrogen and oxygen atoms in total. The summed E-state index contributed by atoms with van der Waals surface area (Å²) in [4.78, 5) is 0.158. The predicted octanol–water partition coefficient (Wildman–Crippen LogP) is 2.84. The minimum atomic E-state index is -3.64. The van der Waals surface area contributed by atoms with Gasteiger partial charge >= 0.3 is 0 Å². The van der Waals surface area contributed by atoms with Crippen molar-refractivity contribution < 1.29 is 16.8 Å². The molecule has 0 spiro atoms. The molecule has 0 aliphatic carbocycles. The first-order chi connectivity index (χ1) is 12.2. The fraction of sp³-hybridized carbons (Fsp3) is 0.375. The van der Waals surface area contributed by atoms with Crippen molar-refractivity contribution in [2.24, 2.45) is 0 Å². The zero-order valence-electron chi connectivity index (χ0n) is 14.1. The van der Waals surface area contributed by atoms with Crippen molar-refractivity contribution in [3.05, 3.63) is 46.3 Å². The molecule has 1 N–H and O–H groups in total. The second-order valence-corrected chi connectivity index (χ2v) is 11.4. The smallest absolute Gasteiger partial charge is 0.207 e. The van der Waals surface area contributed by atoms with Crippen molar-refractivity contribution in [1.82, 2.24) is 9.03 Å². The van der Waals surface area contributed by atoms with Gasteiger partial charge in [0, 0.05) is 24.2 Å². The van der Waals surface area contributed by atoms with Crippen molar-refractivity contribution in [1.29, 1.82) is 0 Å². The highest BCUT2D eigenvalue weighted by molar-refractivity contribution is 7.91. The molecule has 0 unspecified atom stereocenters. The van der Waals surface area contributed by atoms with E-state index in [0.29, 0.717) is 17.9 Å². The topological polar surface area (TPSA) is 83.6 Å². The number of piperidine rings is 1. The molecular weight excluding hydrogens is 416 g/mol. The molecule has 0 radical (unpaired) electrons. The molecule has 1 fully saturated rings. The van der Waals surface area contributed by atoms with E-state index in [1.807, 2.05) is 6.92 Å².